The van der Waals surface area contributed by atoms with Crippen molar-refractivity contribution < 1.29 is 13.2 Å². The molecule has 1 N–H and O–H groups in total. The predicted molar refractivity (Wildman–Crippen MR) is 107 cm³/mol. The molecule has 0 aliphatic carbocycles. The average Bonchev–Trinajstić information content (AvgIpc) is 2.73. The Morgan fingerprint density at radius 1 is 1.04 bits per heavy atom. The molecule has 0 fully saturated rings. The highest BCUT2D eigenvalue weighted by atomic mass is 32.2. The lowest BCUT2D eigenvalue weighted by Gasteiger charge is -2.21. The van der Waals surface area contributed by atoms with Crippen molar-refractivity contribution in [3.63, 3.8) is 0 Å². The second kappa shape index (κ2) is 8.22. The lowest BCUT2D eigenvalue weighted by molar-refractivity contribution is 0.414. The monoisotopic (exact) mass is 382 g/mol. The minimum atomic E-state index is -3.70. The van der Waals surface area contributed by atoms with E-state index in [-0.39, 0.29) is 4.90 Å². The third-order valence-corrected chi connectivity index (χ3v) is 6.29. The van der Waals surface area contributed by atoms with Gasteiger partial charge in [-0.25, -0.2) is 8.42 Å². The van der Waals surface area contributed by atoms with Gasteiger partial charge < -0.3 is 10.1 Å². The summed E-state index contributed by atoms with van der Waals surface area (Å²) in [5.41, 5.74) is 2.50. The van der Waals surface area contributed by atoms with E-state index in [0.29, 0.717) is 11.3 Å². The van der Waals surface area contributed by atoms with Crippen LogP contribution in [0.25, 0.3) is 0 Å². The zero-order valence-electron chi connectivity index (χ0n) is 15.3. The molecule has 1 aromatic heterocycles. The lowest BCUT2D eigenvalue weighted by atomic mass is 10.1. The molecule has 0 radical (unpaired) electrons. The van der Waals surface area contributed by atoms with Crippen LogP contribution in [0.4, 0.5) is 5.69 Å². The van der Waals surface area contributed by atoms with Gasteiger partial charge in [0.05, 0.1) is 12.0 Å². The fourth-order valence-electron chi connectivity index (χ4n) is 2.76. The zero-order valence-corrected chi connectivity index (χ0v) is 16.1. The van der Waals surface area contributed by atoms with E-state index in [2.05, 4.69) is 17.2 Å². The van der Waals surface area contributed by atoms with E-state index in [1.807, 2.05) is 24.3 Å². The maximum Gasteiger partial charge on any atom is 0.203 e. The Kier molecular flexibility index (Phi) is 5.76. The van der Waals surface area contributed by atoms with Crippen LogP contribution in [0, 0.1) is 0 Å². The molecule has 0 bridgehead atoms. The van der Waals surface area contributed by atoms with Gasteiger partial charge in [-0.05, 0) is 54.4 Å². The maximum atomic E-state index is 13.3. The molecule has 1 atom stereocenters. The Bertz CT molecular complexity index is 970. The Labute approximate surface area is 160 Å². The first-order valence-corrected chi connectivity index (χ1v) is 10.2. The van der Waals surface area contributed by atoms with Gasteiger partial charge in [0.2, 0.25) is 9.84 Å². The van der Waals surface area contributed by atoms with Crippen molar-refractivity contribution in [2.24, 2.45) is 0 Å². The van der Waals surface area contributed by atoms with Crippen molar-refractivity contribution in [2.75, 3.05) is 12.4 Å². The number of nitrogens with one attached hydrogen (secondary N) is 1. The minimum Gasteiger partial charge on any atom is -0.497 e. The Morgan fingerprint density at radius 3 is 2.30 bits per heavy atom. The van der Waals surface area contributed by atoms with Crippen molar-refractivity contribution in [3.8, 4) is 5.75 Å². The van der Waals surface area contributed by atoms with Gasteiger partial charge in [-0.3, -0.25) is 4.98 Å². The Hall–Kier alpha value is -2.86. The summed E-state index contributed by atoms with van der Waals surface area (Å²) in [6.07, 6.45) is 4.12. The van der Waals surface area contributed by atoms with Gasteiger partial charge in [0, 0.05) is 23.6 Å². The normalized spacial score (nSPS) is 12.4. The molecule has 0 amide bonds. The summed E-state index contributed by atoms with van der Waals surface area (Å²) >= 11 is 0. The van der Waals surface area contributed by atoms with Crippen LogP contribution in [-0.2, 0) is 16.3 Å². The number of anilines is 1. The number of pyridine rings is 1. The number of methoxy groups -OCH3 is 1. The molecule has 0 aliphatic heterocycles. The molecule has 1 heterocycles. The van der Waals surface area contributed by atoms with Gasteiger partial charge in [-0.1, -0.05) is 25.1 Å². The second-order valence-electron chi connectivity index (χ2n) is 6.08. The first-order chi connectivity index (χ1) is 13.0. The first-order valence-electron chi connectivity index (χ1n) is 8.68. The summed E-state index contributed by atoms with van der Waals surface area (Å²) in [6, 6.07) is 17.6. The molecule has 140 valence electrons. The molecule has 6 heteroatoms. The van der Waals surface area contributed by atoms with E-state index in [9.17, 15) is 8.42 Å². The predicted octanol–water partition coefficient (Wildman–Crippen LogP) is 4.24. The van der Waals surface area contributed by atoms with E-state index >= 15 is 0 Å². The number of sulfone groups is 1. The van der Waals surface area contributed by atoms with Crippen molar-refractivity contribution in [1.29, 1.82) is 0 Å². The number of ether oxygens (including phenoxy) is 1. The molecule has 3 rings (SSSR count). The van der Waals surface area contributed by atoms with Crippen LogP contribution in [0.5, 0.6) is 5.75 Å². The molecular formula is C21H22N2O3S. The highest BCUT2D eigenvalue weighted by Crippen LogP contribution is 2.31. The molecule has 3 aromatic rings. The van der Waals surface area contributed by atoms with Crippen molar-refractivity contribution in [3.05, 3.63) is 84.2 Å². The summed E-state index contributed by atoms with van der Waals surface area (Å²) in [4.78, 5) is 4.30. The van der Waals surface area contributed by atoms with E-state index in [0.717, 1.165) is 12.1 Å². The van der Waals surface area contributed by atoms with Gasteiger partial charge in [0.1, 0.15) is 5.75 Å². The minimum absolute atomic E-state index is 0.217. The molecule has 27 heavy (non-hydrogen) atoms. The molecule has 0 saturated carbocycles. The van der Waals surface area contributed by atoms with Crippen LogP contribution in [0.15, 0.2) is 78.0 Å². The Balaban J connectivity index is 2.00. The third-order valence-electron chi connectivity index (χ3n) is 4.35. The summed E-state index contributed by atoms with van der Waals surface area (Å²) in [6.45, 7) is 2.08. The molecule has 1 unspecified atom stereocenters. The van der Waals surface area contributed by atoms with Crippen LogP contribution in [-0.4, -0.2) is 20.5 Å². The fourth-order valence-corrected chi connectivity index (χ4v) is 4.34. The van der Waals surface area contributed by atoms with Gasteiger partial charge in [-0.15, -0.1) is 0 Å². The number of aryl methyl sites for hydroxylation is 1. The first kappa shape index (κ1) is 18.9. The van der Waals surface area contributed by atoms with Gasteiger partial charge in [-0.2, -0.15) is 0 Å². The molecular weight excluding hydrogens is 360 g/mol. The van der Waals surface area contributed by atoms with Crippen molar-refractivity contribution in [1.82, 2.24) is 4.98 Å². The number of aromatic nitrogens is 1. The van der Waals surface area contributed by atoms with E-state index in [1.165, 1.54) is 5.56 Å². The number of rotatable bonds is 7. The molecule has 0 spiro atoms. The van der Waals surface area contributed by atoms with Crippen LogP contribution in [0.1, 0.15) is 23.4 Å². The Morgan fingerprint density at radius 2 is 1.74 bits per heavy atom. The largest absolute Gasteiger partial charge is 0.497 e. The third kappa shape index (κ3) is 4.28. The fraction of sp³-hybridized carbons (Fsp3) is 0.190. The van der Waals surface area contributed by atoms with E-state index in [4.69, 9.17) is 4.74 Å². The van der Waals surface area contributed by atoms with E-state index < -0.39 is 15.2 Å². The van der Waals surface area contributed by atoms with E-state index in [1.54, 1.807) is 55.9 Å². The molecule has 0 aliphatic rings. The van der Waals surface area contributed by atoms with Gasteiger partial charge in [0.15, 0.2) is 5.37 Å². The molecule has 5 nitrogen and oxygen atoms in total. The number of nitrogens with zero attached hydrogens (tertiary/aromatic N) is 1. The topological polar surface area (TPSA) is 68.3 Å². The van der Waals surface area contributed by atoms with Gasteiger partial charge in [0.25, 0.3) is 0 Å². The number of hydrogen-bond donors (Lipinski definition) is 1. The second-order valence-corrected chi connectivity index (χ2v) is 8.11. The van der Waals surface area contributed by atoms with Crippen LogP contribution < -0.4 is 10.1 Å². The van der Waals surface area contributed by atoms with Crippen LogP contribution >= 0.6 is 0 Å². The average molecular weight is 382 g/mol. The van der Waals surface area contributed by atoms with Crippen LogP contribution in [0.2, 0.25) is 0 Å². The summed E-state index contributed by atoms with van der Waals surface area (Å²) < 4.78 is 31.8. The van der Waals surface area contributed by atoms with Gasteiger partial charge >= 0.3 is 0 Å². The number of benzene rings is 2. The quantitative estimate of drug-likeness (QED) is 0.662. The highest BCUT2D eigenvalue weighted by molar-refractivity contribution is 7.91. The zero-order chi connectivity index (χ0) is 19.3. The summed E-state index contributed by atoms with van der Waals surface area (Å²) in [7, 11) is -2.15. The standard InChI is InChI=1S/C21H22N2O3S/c1-3-16-6-8-18(9-7-16)23-21(17-5-4-14-22-15-17)27(24,25)20-12-10-19(26-2)11-13-20/h4-15,21,23H,3H2,1-2H3. The van der Waals surface area contributed by atoms with Crippen LogP contribution in [0.3, 0.4) is 0 Å². The highest BCUT2D eigenvalue weighted by Gasteiger charge is 2.29. The lowest BCUT2D eigenvalue weighted by Crippen LogP contribution is -2.22. The molecule has 0 saturated heterocycles. The SMILES string of the molecule is CCc1ccc(NC(c2cccnc2)S(=O)(=O)c2ccc(OC)cc2)cc1. The maximum absolute atomic E-state index is 13.3. The van der Waals surface area contributed by atoms with Crippen molar-refractivity contribution >= 4 is 15.5 Å². The summed E-state index contributed by atoms with van der Waals surface area (Å²) in [5, 5.41) is 2.20. The van der Waals surface area contributed by atoms with Crippen molar-refractivity contribution in [2.45, 2.75) is 23.6 Å². The number of hydrogen-bond acceptors (Lipinski definition) is 5. The smallest absolute Gasteiger partial charge is 0.203 e. The summed E-state index contributed by atoms with van der Waals surface area (Å²) in [5.74, 6) is 0.606. The molecule has 2 aromatic carbocycles.